The molecule has 1 aromatic carbocycles. The van der Waals surface area contributed by atoms with E-state index in [9.17, 15) is 9.59 Å². The van der Waals surface area contributed by atoms with Gasteiger partial charge in [0, 0.05) is 63.3 Å². The molecule has 10 heteroatoms. The van der Waals surface area contributed by atoms with E-state index in [0.717, 1.165) is 41.3 Å². The normalized spacial score (nSPS) is 18.8. The van der Waals surface area contributed by atoms with Crippen molar-refractivity contribution >= 4 is 40.3 Å². The maximum atomic E-state index is 13.7. The van der Waals surface area contributed by atoms with E-state index in [2.05, 4.69) is 11.9 Å². The molecule has 0 spiro atoms. The maximum Gasteiger partial charge on any atom is 0.324 e. The molecule has 0 unspecified atom stereocenters. The van der Waals surface area contributed by atoms with E-state index in [1.165, 1.54) is 17.7 Å². The van der Waals surface area contributed by atoms with Gasteiger partial charge in [-0.15, -0.1) is 0 Å². The Kier molecular flexibility index (Phi) is 8.40. The fourth-order valence-corrected chi connectivity index (χ4v) is 5.74. The molecule has 1 saturated heterocycles. The van der Waals surface area contributed by atoms with Gasteiger partial charge in [-0.25, -0.2) is 9.78 Å². The minimum atomic E-state index is -0.0756. The molecule has 0 bridgehead atoms. The van der Waals surface area contributed by atoms with Crippen molar-refractivity contribution in [1.29, 1.82) is 0 Å². The van der Waals surface area contributed by atoms with Crippen molar-refractivity contribution in [1.82, 2.24) is 19.4 Å². The number of anilines is 1. The number of fused-ring (bicyclic) bond motifs is 1. The van der Waals surface area contributed by atoms with Crippen LogP contribution in [0.1, 0.15) is 38.2 Å². The molecule has 2 aliphatic rings. The van der Waals surface area contributed by atoms with Crippen LogP contribution in [0.5, 0.6) is 11.5 Å². The summed E-state index contributed by atoms with van der Waals surface area (Å²) in [6, 6.07) is 7.49. The third-order valence-corrected chi connectivity index (χ3v) is 8.27. The number of benzene rings is 1. The van der Waals surface area contributed by atoms with Crippen LogP contribution >= 0.6 is 11.6 Å². The minimum Gasteiger partial charge on any atom is -0.493 e. The molecule has 0 N–H and O–H groups in total. The van der Waals surface area contributed by atoms with Crippen LogP contribution in [0.3, 0.4) is 0 Å². The number of carbonyl (C=O) groups excluding carboxylic acids is 2. The Morgan fingerprint density at radius 3 is 2.73 bits per heavy atom. The Hall–Kier alpha value is -3.46. The van der Waals surface area contributed by atoms with E-state index in [4.69, 9.17) is 21.1 Å². The zero-order valence-electron chi connectivity index (χ0n) is 23.7. The number of hydrogen-bond acceptors (Lipinski definition) is 5. The van der Waals surface area contributed by atoms with E-state index < -0.39 is 0 Å². The summed E-state index contributed by atoms with van der Waals surface area (Å²) in [6.45, 7) is 4.71. The topological polar surface area (TPSA) is 80.1 Å². The number of aromatic nitrogens is 2. The molecule has 3 aromatic rings. The number of halogens is 1. The molecule has 2 aromatic heterocycles. The lowest BCUT2D eigenvalue weighted by atomic mass is 10.1. The Labute approximate surface area is 240 Å². The first-order valence-electron chi connectivity index (χ1n) is 14.0. The van der Waals surface area contributed by atoms with Crippen molar-refractivity contribution in [2.45, 2.75) is 45.7 Å². The first-order chi connectivity index (χ1) is 19.3. The molecule has 2 fully saturated rings. The summed E-state index contributed by atoms with van der Waals surface area (Å²) in [5.74, 6) is 2.95. The lowest BCUT2D eigenvalue weighted by Gasteiger charge is -2.36. The fourth-order valence-electron chi connectivity index (χ4n) is 5.42. The Morgan fingerprint density at radius 1 is 1.20 bits per heavy atom. The molecule has 2 atom stereocenters. The summed E-state index contributed by atoms with van der Waals surface area (Å²) in [7, 11) is 5.07. The molecule has 1 saturated carbocycles. The number of urea groups is 1. The molecule has 3 heterocycles. The summed E-state index contributed by atoms with van der Waals surface area (Å²) in [6.07, 6.45) is 7.78. The van der Waals surface area contributed by atoms with Crippen LogP contribution in [0.15, 0.2) is 36.7 Å². The monoisotopic (exact) mass is 567 g/mol. The standard InChI is InChI=1S/C30H38ClN5O4/c1-20-15-21(20)7-5-14-40-26-16-23(8-9-25(26)39-4)36-13-6-12-34(30(36)38)17-22-10-11-32-29-28(22)24(31)18-35(29)19-27(37)33(2)3/h8-11,16,18,20-21H,5-7,12-15,17,19H2,1-4H3/t20-,21+/m1/s1. The predicted molar refractivity (Wildman–Crippen MR) is 156 cm³/mol. The average Bonchev–Trinajstić information content (AvgIpc) is 3.56. The van der Waals surface area contributed by atoms with Crippen molar-refractivity contribution in [2.75, 3.05) is 45.8 Å². The lowest BCUT2D eigenvalue weighted by Crippen LogP contribution is -2.49. The third kappa shape index (κ3) is 5.99. The molecule has 5 rings (SSSR count). The SMILES string of the molecule is COc1ccc(N2CCCN(Cc3ccnc4c3c(Cl)cn4CC(=O)N(C)C)C2=O)cc1OCCC[C@H]1C[C@H]1C. The molecule has 1 aliphatic carbocycles. The van der Waals surface area contributed by atoms with Gasteiger partial charge < -0.3 is 23.8 Å². The van der Waals surface area contributed by atoms with Gasteiger partial charge in [0.05, 0.1) is 18.7 Å². The second kappa shape index (κ2) is 12.0. The second-order valence-electron chi connectivity index (χ2n) is 11.1. The van der Waals surface area contributed by atoms with Gasteiger partial charge >= 0.3 is 6.03 Å². The molecular formula is C30H38ClN5O4. The van der Waals surface area contributed by atoms with Gasteiger partial charge in [0.1, 0.15) is 12.2 Å². The van der Waals surface area contributed by atoms with Gasteiger partial charge in [-0.05, 0) is 61.3 Å². The Balaban J connectivity index is 1.31. The highest BCUT2D eigenvalue weighted by molar-refractivity contribution is 6.35. The van der Waals surface area contributed by atoms with Crippen LogP contribution < -0.4 is 14.4 Å². The number of ether oxygens (including phenoxy) is 2. The smallest absolute Gasteiger partial charge is 0.324 e. The Morgan fingerprint density at radius 2 is 2.00 bits per heavy atom. The van der Waals surface area contributed by atoms with Gasteiger partial charge in [-0.1, -0.05) is 18.5 Å². The van der Waals surface area contributed by atoms with Gasteiger partial charge in [-0.2, -0.15) is 0 Å². The highest BCUT2D eigenvalue weighted by Crippen LogP contribution is 2.41. The van der Waals surface area contributed by atoms with Crippen molar-refractivity contribution < 1.29 is 19.1 Å². The van der Waals surface area contributed by atoms with Crippen molar-refractivity contribution in [3.8, 4) is 11.5 Å². The van der Waals surface area contributed by atoms with Crippen LogP contribution in [0.4, 0.5) is 10.5 Å². The van der Waals surface area contributed by atoms with Crippen molar-refractivity contribution in [3.63, 3.8) is 0 Å². The number of carbonyl (C=O) groups is 2. The van der Waals surface area contributed by atoms with Gasteiger partial charge in [-0.3, -0.25) is 9.69 Å². The number of nitrogens with zero attached hydrogens (tertiary/aromatic N) is 5. The molecule has 0 radical (unpaired) electrons. The van der Waals surface area contributed by atoms with Gasteiger partial charge in [0.25, 0.3) is 0 Å². The second-order valence-corrected chi connectivity index (χ2v) is 11.5. The number of methoxy groups -OCH3 is 1. The summed E-state index contributed by atoms with van der Waals surface area (Å²) in [5.41, 5.74) is 2.31. The quantitative estimate of drug-likeness (QED) is 0.289. The number of pyridine rings is 1. The number of rotatable bonds is 11. The van der Waals surface area contributed by atoms with Crippen LogP contribution in [-0.2, 0) is 17.9 Å². The largest absolute Gasteiger partial charge is 0.493 e. The summed E-state index contributed by atoms with van der Waals surface area (Å²) >= 11 is 6.63. The first kappa shape index (κ1) is 28.1. The molecule has 1 aliphatic heterocycles. The predicted octanol–water partition coefficient (Wildman–Crippen LogP) is 5.43. The van der Waals surface area contributed by atoms with Crippen molar-refractivity contribution in [3.05, 3.63) is 47.2 Å². The molecule has 40 heavy (non-hydrogen) atoms. The van der Waals surface area contributed by atoms with E-state index in [1.807, 2.05) is 29.2 Å². The highest BCUT2D eigenvalue weighted by Gasteiger charge is 2.31. The highest BCUT2D eigenvalue weighted by atomic mass is 35.5. The van der Waals surface area contributed by atoms with E-state index >= 15 is 0 Å². The average molecular weight is 568 g/mol. The van der Waals surface area contributed by atoms with E-state index in [1.54, 1.807) is 43.1 Å². The zero-order valence-corrected chi connectivity index (χ0v) is 24.5. The Bertz CT molecular complexity index is 1390. The molecule has 214 valence electrons. The van der Waals surface area contributed by atoms with E-state index in [-0.39, 0.29) is 18.5 Å². The summed E-state index contributed by atoms with van der Waals surface area (Å²) in [5, 5.41) is 1.28. The zero-order chi connectivity index (χ0) is 28.4. The van der Waals surface area contributed by atoms with Crippen LogP contribution in [0.25, 0.3) is 11.0 Å². The fraction of sp³-hybridized carbons (Fsp3) is 0.500. The van der Waals surface area contributed by atoms with E-state index in [0.29, 0.717) is 48.4 Å². The van der Waals surface area contributed by atoms with Gasteiger partial charge in [0.15, 0.2) is 11.5 Å². The maximum absolute atomic E-state index is 13.7. The molecular weight excluding hydrogens is 530 g/mol. The van der Waals surface area contributed by atoms with Crippen LogP contribution in [0, 0.1) is 11.8 Å². The van der Waals surface area contributed by atoms with Crippen molar-refractivity contribution in [2.24, 2.45) is 11.8 Å². The minimum absolute atomic E-state index is 0.0528. The number of amides is 3. The molecule has 3 amide bonds. The summed E-state index contributed by atoms with van der Waals surface area (Å²) in [4.78, 5) is 35.7. The van der Waals surface area contributed by atoms with Crippen LogP contribution in [0.2, 0.25) is 5.02 Å². The first-order valence-corrected chi connectivity index (χ1v) is 14.3. The third-order valence-electron chi connectivity index (χ3n) is 7.99. The van der Waals surface area contributed by atoms with Gasteiger partial charge in [0.2, 0.25) is 5.91 Å². The molecule has 9 nitrogen and oxygen atoms in total. The number of hydrogen-bond donors (Lipinski definition) is 0. The number of likely N-dealkylation sites (N-methyl/N-ethyl adjacent to an activating group) is 1. The van der Waals surface area contributed by atoms with Crippen LogP contribution in [-0.4, -0.2) is 72.2 Å². The lowest BCUT2D eigenvalue weighted by molar-refractivity contribution is -0.129. The summed E-state index contributed by atoms with van der Waals surface area (Å²) < 4.78 is 13.4.